The minimum absolute atomic E-state index is 0.0390. The number of carboxylic acid groups (broad SMARTS) is 1. The van der Waals surface area contributed by atoms with Gasteiger partial charge in [0, 0.05) is 29.6 Å². The molecule has 1 unspecified atom stereocenters. The summed E-state index contributed by atoms with van der Waals surface area (Å²) < 4.78 is 26.6. The van der Waals surface area contributed by atoms with Crippen molar-refractivity contribution in [1.29, 1.82) is 0 Å². The van der Waals surface area contributed by atoms with Gasteiger partial charge in [-0.1, -0.05) is 12.1 Å². The van der Waals surface area contributed by atoms with Crippen LogP contribution < -0.4 is 5.32 Å². The highest BCUT2D eigenvalue weighted by molar-refractivity contribution is 5.92. The van der Waals surface area contributed by atoms with E-state index in [2.05, 4.69) is 15.4 Å². The number of amides is 1. The van der Waals surface area contributed by atoms with Gasteiger partial charge in [-0.25, -0.2) is 23.1 Å². The Balaban J connectivity index is 1.79. The Hall–Kier alpha value is -3.10. The average Bonchev–Trinajstić information content (AvgIpc) is 2.99. The van der Waals surface area contributed by atoms with Crippen LogP contribution in [-0.4, -0.2) is 44.0 Å². The number of aliphatic carboxylic acids is 1. The van der Waals surface area contributed by atoms with Crippen molar-refractivity contribution in [2.75, 3.05) is 0 Å². The van der Waals surface area contributed by atoms with Gasteiger partial charge in [0.1, 0.15) is 6.04 Å². The van der Waals surface area contributed by atoms with E-state index < -0.39 is 30.8 Å². The van der Waals surface area contributed by atoms with Crippen LogP contribution in [0.4, 0.5) is 8.78 Å². The lowest BCUT2D eigenvalue weighted by Crippen LogP contribution is -2.42. The molecule has 1 atom stereocenters. The predicted molar refractivity (Wildman–Crippen MR) is 98.5 cm³/mol. The van der Waals surface area contributed by atoms with Crippen molar-refractivity contribution >= 4 is 28.4 Å². The van der Waals surface area contributed by atoms with Crippen molar-refractivity contribution in [3.8, 4) is 0 Å². The summed E-state index contributed by atoms with van der Waals surface area (Å²) in [7, 11) is 0. The minimum Gasteiger partial charge on any atom is -0.480 e. The van der Waals surface area contributed by atoms with E-state index in [9.17, 15) is 18.4 Å². The van der Waals surface area contributed by atoms with Gasteiger partial charge in [-0.15, -0.1) is 0 Å². The molecule has 0 saturated carbocycles. The second-order valence-electron chi connectivity index (χ2n) is 6.60. The highest BCUT2D eigenvalue weighted by Crippen LogP contribution is 2.22. The van der Waals surface area contributed by atoms with Crippen LogP contribution in [0, 0.1) is 13.8 Å². The van der Waals surface area contributed by atoms with Crippen LogP contribution >= 0.6 is 0 Å². The number of nitrogens with one attached hydrogen (secondary N) is 1. The summed E-state index contributed by atoms with van der Waals surface area (Å²) >= 11 is 0. The van der Waals surface area contributed by atoms with Crippen molar-refractivity contribution in [2.24, 2.45) is 0 Å². The van der Waals surface area contributed by atoms with Gasteiger partial charge in [0.25, 0.3) is 0 Å². The number of alkyl halides is 2. The first kappa shape index (κ1) is 19.7. The van der Waals surface area contributed by atoms with Gasteiger partial charge in [0.05, 0.1) is 5.52 Å². The fourth-order valence-electron chi connectivity index (χ4n) is 3.24. The molecule has 2 heterocycles. The number of carbonyl (C=O) groups is 2. The molecule has 0 fully saturated rings. The molecule has 3 aromatic rings. The SMILES string of the molecule is Cc1nc2c3ccccc3nn2c(C)c1CCC(=O)NC(CC(F)F)C(=O)O. The third-order valence-corrected chi connectivity index (χ3v) is 4.67. The van der Waals surface area contributed by atoms with Crippen molar-refractivity contribution in [1.82, 2.24) is 19.9 Å². The number of carbonyl (C=O) groups excluding carboxylic acids is 1. The van der Waals surface area contributed by atoms with E-state index in [0.29, 0.717) is 6.42 Å². The number of halogens is 2. The lowest BCUT2D eigenvalue weighted by atomic mass is 10.1. The molecule has 0 saturated heterocycles. The lowest BCUT2D eigenvalue weighted by Gasteiger charge is -2.15. The Morgan fingerprint density at radius 2 is 1.96 bits per heavy atom. The van der Waals surface area contributed by atoms with E-state index in [0.717, 1.165) is 33.5 Å². The van der Waals surface area contributed by atoms with Crippen LogP contribution in [-0.2, 0) is 16.0 Å². The molecule has 2 N–H and O–H groups in total. The van der Waals surface area contributed by atoms with Gasteiger partial charge in [-0.05, 0) is 38.0 Å². The molecule has 2 aromatic heterocycles. The summed E-state index contributed by atoms with van der Waals surface area (Å²) in [6.45, 7) is 3.70. The van der Waals surface area contributed by atoms with E-state index >= 15 is 0 Å². The Morgan fingerprint density at radius 1 is 1.25 bits per heavy atom. The normalized spacial score (nSPS) is 12.6. The Labute approximate surface area is 159 Å². The fourth-order valence-corrected chi connectivity index (χ4v) is 3.24. The van der Waals surface area contributed by atoms with Crippen molar-refractivity contribution < 1.29 is 23.5 Å². The van der Waals surface area contributed by atoms with Crippen LogP contribution in [0.1, 0.15) is 29.8 Å². The molecule has 9 heteroatoms. The maximum atomic E-state index is 12.5. The van der Waals surface area contributed by atoms with Crippen LogP contribution in [0.2, 0.25) is 0 Å². The second-order valence-corrected chi connectivity index (χ2v) is 6.60. The van der Waals surface area contributed by atoms with Crippen LogP contribution in [0.5, 0.6) is 0 Å². The molecule has 28 heavy (non-hydrogen) atoms. The molecule has 1 amide bonds. The predicted octanol–water partition coefficient (Wildman–Crippen LogP) is 2.66. The molecule has 0 bridgehead atoms. The van der Waals surface area contributed by atoms with Crippen LogP contribution in [0.15, 0.2) is 24.3 Å². The molecule has 0 aliphatic rings. The summed E-state index contributed by atoms with van der Waals surface area (Å²) in [5, 5.41) is 16.6. The quantitative estimate of drug-likeness (QED) is 0.647. The topological polar surface area (TPSA) is 96.6 Å². The molecule has 0 aliphatic heterocycles. The van der Waals surface area contributed by atoms with Gasteiger partial charge < -0.3 is 10.4 Å². The lowest BCUT2D eigenvalue weighted by molar-refractivity contribution is -0.143. The second kappa shape index (κ2) is 7.87. The van der Waals surface area contributed by atoms with Crippen molar-refractivity contribution in [3.63, 3.8) is 0 Å². The Kier molecular flexibility index (Phi) is 5.53. The maximum Gasteiger partial charge on any atom is 0.326 e. The number of carboxylic acids is 1. The average molecular weight is 390 g/mol. The number of benzene rings is 1. The number of aromatic nitrogens is 3. The molecule has 0 aliphatic carbocycles. The van der Waals surface area contributed by atoms with E-state index in [-0.39, 0.29) is 6.42 Å². The highest BCUT2D eigenvalue weighted by atomic mass is 19.3. The van der Waals surface area contributed by atoms with Crippen LogP contribution in [0.25, 0.3) is 16.6 Å². The third kappa shape index (κ3) is 3.92. The van der Waals surface area contributed by atoms with Gasteiger partial charge >= 0.3 is 5.97 Å². The smallest absolute Gasteiger partial charge is 0.326 e. The van der Waals surface area contributed by atoms with Gasteiger partial charge in [0.2, 0.25) is 12.3 Å². The largest absolute Gasteiger partial charge is 0.480 e. The zero-order valence-corrected chi connectivity index (χ0v) is 15.4. The highest BCUT2D eigenvalue weighted by Gasteiger charge is 2.24. The van der Waals surface area contributed by atoms with E-state index in [1.165, 1.54) is 0 Å². The molecule has 1 aromatic carbocycles. The first-order valence-corrected chi connectivity index (χ1v) is 8.81. The monoisotopic (exact) mass is 390 g/mol. The number of aryl methyl sites for hydroxylation is 2. The van der Waals surface area contributed by atoms with Crippen molar-refractivity contribution in [3.05, 3.63) is 41.2 Å². The zero-order valence-electron chi connectivity index (χ0n) is 15.4. The summed E-state index contributed by atoms with van der Waals surface area (Å²) in [4.78, 5) is 27.7. The Bertz CT molecular complexity index is 1050. The van der Waals surface area contributed by atoms with E-state index in [4.69, 9.17) is 5.11 Å². The molecular weight excluding hydrogens is 370 g/mol. The summed E-state index contributed by atoms with van der Waals surface area (Å²) in [5.74, 6) is -2.08. The molecule has 0 radical (unpaired) electrons. The van der Waals surface area contributed by atoms with E-state index in [1.807, 2.05) is 38.1 Å². The van der Waals surface area contributed by atoms with Gasteiger partial charge in [-0.3, -0.25) is 4.79 Å². The number of fused-ring (bicyclic) bond motifs is 3. The summed E-state index contributed by atoms with van der Waals surface area (Å²) in [6, 6.07) is 6.02. The van der Waals surface area contributed by atoms with Gasteiger partial charge in [0.15, 0.2) is 5.65 Å². The van der Waals surface area contributed by atoms with Crippen LogP contribution in [0.3, 0.4) is 0 Å². The maximum absolute atomic E-state index is 12.5. The Morgan fingerprint density at radius 3 is 2.64 bits per heavy atom. The fraction of sp³-hybridized carbons (Fsp3) is 0.368. The molecule has 3 rings (SSSR count). The van der Waals surface area contributed by atoms with Gasteiger partial charge in [-0.2, -0.15) is 5.10 Å². The van der Waals surface area contributed by atoms with Crippen molar-refractivity contribution in [2.45, 2.75) is 45.6 Å². The molecule has 0 spiro atoms. The third-order valence-electron chi connectivity index (χ3n) is 4.67. The summed E-state index contributed by atoms with van der Waals surface area (Å²) in [6.07, 6.45) is -3.48. The first-order valence-electron chi connectivity index (χ1n) is 8.81. The zero-order chi connectivity index (χ0) is 20.4. The van der Waals surface area contributed by atoms with E-state index in [1.54, 1.807) is 4.52 Å². The number of nitrogens with zero attached hydrogens (tertiary/aromatic N) is 3. The summed E-state index contributed by atoms with van der Waals surface area (Å²) in [5.41, 5.74) is 3.92. The molecular formula is C19H20F2N4O3. The number of rotatable bonds is 7. The number of hydrogen-bond acceptors (Lipinski definition) is 4. The molecule has 7 nitrogen and oxygen atoms in total. The number of hydrogen-bond donors (Lipinski definition) is 2. The molecule has 148 valence electrons. The standard InChI is InChI=1S/C19H20F2N4O3/c1-10-12(7-8-17(26)23-15(19(27)28)9-16(20)21)11(2)25-18(22-10)13-5-3-4-6-14(13)24-25/h3-6,15-16H,7-9H2,1-2H3,(H,23,26)(H,27,28). The minimum atomic E-state index is -2.81. The first-order chi connectivity index (χ1) is 13.3.